The summed E-state index contributed by atoms with van der Waals surface area (Å²) in [4.78, 5) is 25.5. The Morgan fingerprint density at radius 2 is 0.805 bits per heavy atom. The molecule has 438 valence electrons. The number of phosphoric acid groups is 1. The first kappa shape index (κ1) is 73.4. The van der Waals surface area contributed by atoms with Crippen molar-refractivity contribution >= 4 is 13.7 Å². The Hall–Kier alpha value is -3.62. The van der Waals surface area contributed by atoms with Crippen molar-refractivity contribution in [1.82, 2.24) is 5.32 Å². The molecule has 0 heterocycles. The second kappa shape index (κ2) is 57.1. The fraction of sp³-hybridized carbons (Fsp3) is 0.632. The van der Waals surface area contributed by atoms with E-state index in [1.807, 2.05) is 27.2 Å². The maximum Gasteiger partial charge on any atom is 0.268 e. The molecule has 2 N–H and O–H groups in total. The Bertz CT molecular complexity index is 1760. The highest BCUT2D eigenvalue weighted by Gasteiger charge is 2.23. The largest absolute Gasteiger partial charge is 0.756 e. The summed E-state index contributed by atoms with van der Waals surface area (Å²) in [7, 11) is 1.22. The predicted molar refractivity (Wildman–Crippen MR) is 334 cm³/mol. The quantitative estimate of drug-likeness (QED) is 0.0272. The van der Waals surface area contributed by atoms with E-state index in [2.05, 4.69) is 153 Å². The van der Waals surface area contributed by atoms with E-state index in [1.54, 1.807) is 6.08 Å². The highest BCUT2D eigenvalue weighted by molar-refractivity contribution is 7.45. The Kier molecular flexibility index (Phi) is 54.4. The zero-order valence-corrected chi connectivity index (χ0v) is 50.7. The van der Waals surface area contributed by atoms with Crippen LogP contribution in [-0.2, 0) is 18.4 Å². The minimum Gasteiger partial charge on any atom is -0.756 e. The Morgan fingerprint density at radius 1 is 0.468 bits per heavy atom. The molecular weight excluding hydrogens is 972 g/mol. The molecule has 77 heavy (non-hydrogen) atoms. The topological polar surface area (TPSA) is 108 Å². The number of nitrogens with zero attached hydrogens (tertiary/aromatic N) is 1. The first-order chi connectivity index (χ1) is 37.5. The summed E-state index contributed by atoms with van der Waals surface area (Å²) in [5.74, 6) is -0.219. The van der Waals surface area contributed by atoms with Crippen LogP contribution in [0.3, 0.4) is 0 Å². The highest BCUT2D eigenvalue weighted by atomic mass is 31.2. The minimum absolute atomic E-state index is 0.0153. The molecule has 3 atom stereocenters. The molecule has 0 bridgehead atoms. The number of carbonyl (C=O) groups is 1. The van der Waals surface area contributed by atoms with E-state index in [4.69, 9.17) is 9.05 Å². The van der Waals surface area contributed by atoms with E-state index in [-0.39, 0.29) is 12.5 Å². The van der Waals surface area contributed by atoms with Crippen molar-refractivity contribution in [3.05, 3.63) is 146 Å². The summed E-state index contributed by atoms with van der Waals surface area (Å²) in [6, 6.07) is -0.919. The van der Waals surface area contributed by atoms with E-state index in [1.165, 1.54) is 96.3 Å². The van der Waals surface area contributed by atoms with Gasteiger partial charge in [-0.25, -0.2) is 0 Å². The van der Waals surface area contributed by atoms with Crippen LogP contribution in [0.4, 0.5) is 0 Å². The maximum atomic E-state index is 13.0. The molecule has 0 aromatic heterocycles. The minimum atomic E-state index is -4.61. The van der Waals surface area contributed by atoms with Crippen LogP contribution in [0.15, 0.2) is 146 Å². The van der Waals surface area contributed by atoms with Crippen molar-refractivity contribution in [3.63, 3.8) is 0 Å². The number of nitrogens with one attached hydrogen (secondary N) is 1. The van der Waals surface area contributed by atoms with Crippen LogP contribution in [0.2, 0.25) is 0 Å². The lowest BCUT2D eigenvalue weighted by atomic mass is 10.0. The van der Waals surface area contributed by atoms with E-state index >= 15 is 0 Å². The third kappa shape index (κ3) is 59.9. The van der Waals surface area contributed by atoms with Crippen LogP contribution in [0.25, 0.3) is 0 Å². The summed E-state index contributed by atoms with van der Waals surface area (Å²) >= 11 is 0. The van der Waals surface area contributed by atoms with Gasteiger partial charge in [0.1, 0.15) is 13.2 Å². The van der Waals surface area contributed by atoms with Gasteiger partial charge >= 0.3 is 0 Å². The molecule has 0 saturated carbocycles. The van der Waals surface area contributed by atoms with Crippen LogP contribution in [-0.4, -0.2) is 68.5 Å². The monoisotopic (exact) mass is 1090 g/mol. The number of carbonyl (C=O) groups excluding carboxylic acids is 1. The van der Waals surface area contributed by atoms with Crippen molar-refractivity contribution in [1.29, 1.82) is 0 Å². The van der Waals surface area contributed by atoms with Gasteiger partial charge in [0.25, 0.3) is 7.82 Å². The molecule has 8 nitrogen and oxygen atoms in total. The average molecular weight is 1090 g/mol. The molecule has 1 amide bonds. The van der Waals surface area contributed by atoms with Crippen molar-refractivity contribution in [2.75, 3.05) is 40.9 Å². The van der Waals surface area contributed by atoms with E-state index in [0.717, 1.165) is 109 Å². The SMILES string of the molecule is CC/C=C\C/C=C\C/C=C\C/C=C\C/C=C\C/C=C\C/C=C\C/C=C\C/C=C\CCCCCCCCCCCCCCCC(=O)NC(COP(=O)([O-])OCC[N+](C)(C)C)C(O)/C=C/CC/C=C/CC/C=C/CCCCCC. The molecule has 0 aromatic rings. The van der Waals surface area contributed by atoms with Gasteiger partial charge in [-0.2, -0.15) is 0 Å². The first-order valence-corrected chi connectivity index (χ1v) is 32.2. The van der Waals surface area contributed by atoms with Gasteiger partial charge in [0.05, 0.1) is 39.9 Å². The molecular formula is C68H115N2O6P. The highest BCUT2D eigenvalue weighted by Crippen LogP contribution is 2.38. The summed E-state index contributed by atoms with van der Waals surface area (Å²) in [5, 5.41) is 13.8. The summed E-state index contributed by atoms with van der Waals surface area (Å²) in [6.07, 6.45) is 88.0. The third-order valence-corrected chi connectivity index (χ3v) is 13.7. The second-order valence-electron chi connectivity index (χ2n) is 21.3. The number of hydrogen-bond donors (Lipinski definition) is 2. The predicted octanol–water partition coefficient (Wildman–Crippen LogP) is 18.6. The number of allylic oxidation sites excluding steroid dienone is 23. The van der Waals surface area contributed by atoms with Crippen molar-refractivity contribution < 1.29 is 32.9 Å². The molecule has 0 aliphatic carbocycles. The van der Waals surface area contributed by atoms with Crippen molar-refractivity contribution in [2.24, 2.45) is 0 Å². The fourth-order valence-corrected chi connectivity index (χ4v) is 8.72. The van der Waals surface area contributed by atoms with Crippen LogP contribution in [0.1, 0.15) is 226 Å². The third-order valence-electron chi connectivity index (χ3n) is 12.8. The number of phosphoric ester groups is 1. The number of amides is 1. The lowest BCUT2D eigenvalue weighted by Crippen LogP contribution is -2.45. The number of unbranched alkanes of at least 4 members (excludes halogenated alkanes) is 19. The molecule has 0 aliphatic rings. The van der Waals surface area contributed by atoms with Gasteiger partial charge in [-0.1, -0.05) is 250 Å². The Morgan fingerprint density at radius 3 is 1.21 bits per heavy atom. The smallest absolute Gasteiger partial charge is 0.268 e. The van der Waals surface area contributed by atoms with Gasteiger partial charge in [0.15, 0.2) is 0 Å². The molecule has 9 heteroatoms. The lowest BCUT2D eigenvalue weighted by molar-refractivity contribution is -0.870. The second-order valence-corrected chi connectivity index (χ2v) is 22.7. The van der Waals surface area contributed by atoms with Gasteiger partial charge in [0, 0.05) is 6.42 Å². The number of rotatable bonds is 54. The van der Waals surface area contributed by atoms with Gasteiger partial charge < -0.3 is 28.8 Å². The number of aliphatic hydroxyl groups is 1. The van der Waals surface area contributed by atoms with Gasteiger partial charge in [-0.15, -0.1) is 0 Å². The normalized spacial score (nSPS) is 14.8. The summed E-state index contributed by atoms with van der Waals surface area (Å²) in [6.45, 7) is 4.46. The lowest BCUT2D eigenvalue weighted by Gasteiger charge is -2.29. The summed E-state index contributed by atoms with van der Waals surface area (Å²) < 4.78 is 23.3. The molecule has 0 fully saturated rings. The molecule has 0 aromatic carbocycles. The van der Waals surface area contributed by atoms with Gasteiger partial charge in [-0.05, 0) is 116 Å². The molecule has 0 spiro atoms. The zero-order chi connectivity index (χ0) is 56.3. The van der Waals surface area contributed by atoms with Crippen LogP contribution in [0, 0.1) is 0 Å². The number of quaternary nitrogens is 1. The van der Waals surface area contributed by atoms with Gasteiger partial charge in [0.2, 0.25) is 5.91 Å². The van der Waals surface area contributed by atoms with Gasteiger partial charge in [-0.3, -0.25) is 9.36 Å². The summed E-state index contributed by atoms with van der Waals surface area (Å²) in [5.41, 5.74) is 0. The molecule has 3 unspecified atom stereocenters. The van der Waals surface area contributed by atoms with Crippen molar-refractivity contribution in [2.45, 2.75) is 238 Å². The van der Waals surface area contributed by atoms with Crippen LogP contribution < -0.4 is 10.2 Å². The number of hydrogen-bond acceptors (Lipinski definition) is 6. The maximum absolute atomic E-state index is 13.0. The molecule has 0 aliphatic heterocycles. The van der Waals surface area contributed by atoms with Crippen molar-refractivity contribution in [3.8, 4) is 0 Å². The van der Waals surface area contributed by atoms with E-state index < -0.39 is 26.6 Å². The fourth-order valence-electron chi connectivity index (χ4n) is 8.00. The molecule has 0 rings (SSSR count). The first-order valence-electron chi connectivity index (χ1n) is 30.7. The number of aliphatic hydroxyl groups excluding tert-OH is 1. The van der Waals surface area contributed by atoms with E-state index in [9.17, 15) is 19.4 Å². The standard InChI is InChI=1S/C68H115N2O6P/c1-6-8-10-12-14-16-18-20-22-23-24-25-26-27-28-29-30-31-32-33-34-35-36-37-38-39-40-41-42-43-44-45-46-47-48-50-52-54-56-58-60-62-68(72)69-66(65-76-77(73,74)75-64-63-70(3,4)5)67(71)61-59-57-55-53-51-49-21-19-17-15-13-11-9-7-2/h8,10,14,16-17,19-20,22,24-25,27-28,30-31,33-34,36-37,39-40,51,53,59,61,66-67,71H,6-7,9,11-13,15,18,21,23,26,29,32,35,38,41-50,52,54-58,60,62-65H2,1-5H3,(H-,69,72,73,74)/b10-8-,16-14-,19-17+,22-20-,25-24-,28-27-,31-30-,34-33-,37-36-,40-39-,53-51+,61-59+. The van der Waals surface area contributed by atoms with E-state index in [0.29, 0.717) is 17.4 Å². The Labute approximate surface area is 474 Å². The van der Waals surface area contributed by atoms with Crippen LogP contribution in [0.5, 0.6) is 0 Å². The Balaban J connectivity index is 4.07. The number of likely N-dealkylation sites (N-methyl/N-ethyl adjacent to an activating group) is 1. The zero-order valence-electron chi connectivity index (χ0n) is 49.8. The van der Waals surface area contributed by atoms with Crippen LogP contribution >= 0.6 is 7.82 Å². The average Bonchev–Trinajstić information content (AvgIpc) is 3.39. The molecule has 0 saturated heterocycles. The molecule has 0 radical (unpaired) electrons.